The fourth-order valence-electron chi connectivity index (χ4n) is 1.62. The van der Waals surface area contributed by atoms with E-state index in [1.165, 1.54) is 29.6 Å². The molecule has 56 valence electrons. The average Bonchev–Trinajstić information content (AvgIpc) is 2.31. The van der Waals surface area contributed by atoms with E-state index in [1.54, 1.807) is 0 Å². The third kappa shape index (κ3) is 1.21. The monoisotopic (exact) mass is 144 g/mol. The van der Waals surface area contributed by atoms with Crippen molar-refractivity contribution in [2.24, 2.45) is 0 Å². The van der Waals surface area contributed by atoms with Crippen LogP contribution in [-0.4, -0.2) is 0 Å². The second-order valence-electron chi connectivity index (χ2n) is 3.14. The van der Waals surface area contributed by atoms with Gasteiger partial charge in [0.15, 0.2) is 0 Å². The van der Waals surface area contributed by atoms with Crippen molar-refractivity contribution in [2.45, 2.75) is 19.8 Å². The fourth-order valence-corrected chi connectivity index (χ4v) is 1.62. The average molecular weight is 144 g/mol. The zero-order valence-electron chi connectivity index (χ0n) is 6.80. The molecular weight excluding hydrogens is 132 g/mol. The van der Waals surface area contributed by atoms with Crippen LogP contribution in [0.15, 0.2) is 47.1 Å². The number of allylic oxidation sites excluding steroid dienone is 8. The predicted octanol–water partition coefficient (Wildman–Crippen LogP) is 3.15. The summed E-state index contributed by atoms with van der Waals surface area (Å²) in [7, 11) is 0. The molecule has 0 nitrogen and oxygen atoms in total. The maximum Gasteiger partial charge on any atom is -0.0238 e. The Morgan fingerprint density at radius 1 is 1.36 bits per heavy atom. The van der Waals surface area contributed by atoms with Gasteiger partial charge in [-0.25, -0.2) is 0 Å². The maximum absolute atomic E-state index is 2.31. The molecule has 0 amide bonds. The first-order valence-corrected chi connectivity index (χ1v) is 4.12. The lowest BCUT2D eigenvalue weighted by Gasteiger charge is -1.96. The van der Waals surface area contributed by atoms with Crippen molar-refractivity contribution in [3.05, 3.63) is 47.1 Å². The van der Waals surface area contributed by atoms with Crippen LogP contribution in [0.4, 0.5) is 0 Å². The topological polar surface area (TPSA) is 0 Å². The molecule has 0 N–H and O–H groups in total. The first-order valence-electron chi connectivity index (χ1n) is 4.12. The molecule has 2 aliphatic carbocycles. The molecule has 2 aliphatic rings. The van der Waals surface area contributed by atoms with Crippen molar-refractivity contribution in [1.29, 1.82) is 0 Å². The first-order chi connectivity index (χ1) is 5.36. The molecule has 0 unspecified atom stereocenters. The molecule has 0 aromatic carbocycles. The Bertz CT molecular complexity index is 285. The molecule has 0 atom stereocenters. The Labute approximate surface area is 67.6 Å². The van der Waals surface area contributed by atoms with Crippen molar-refractivity contribution >= 4 is 0 Å². The van der Waals surface area contributed by atoms with Gasteiger partial charge in [0, 0.05) is 0 Å². The zero-order valence-corrected chi connectivity index (χ0v) is 6.80. The smallest absolute Gasteiger partial charge is 0.0238 e. The van der Waals surface area contributed by atoms with E-state index in [4.69, 9.17) is 0 Å². The quantitative estimate of drug-likeness (QED) is 0.490. The summed E-state index contributed by atoms with van der Waals surface area (Å²) in [6.45, 7) is 2.15. The van der Waals surface area contributed by atoms with E-state index in [0.717, 1.165) is 0 Å². The van der Waals surface area contributed by atoms with Gasteiger partial charge in [-0.2, -0.15) is 0 Å². The lowest BCUT2D eigenvalue weighted by atomic mass is 10.1. The van der Waals surface area contributed by atoms with Gasteiger partial charge < -0.3 is 0 Å². The van der Waals surface area contributed by atoms with Crippen molar-refractivity contribution in [2.75, 3.05) is 0 Å². The standard InChI is InChI=1S/C11H12/c1-9-4-2-5-10-6-3-7-11(10)8-9/h2,4-6,8H,3,7H2,1H3. The Hall–Kier alpha value is -1.04. The largest absolute Gasteiger partial charge is 0.0767 e. The highest BCUT2D eigenvalue weighted by Gasteiger charge is 2.09. The van der Waals surface area contributed by atoms with E-state index in [9.17, 15) is 0 Å². The van der Waals surface area contributed by atoms with Crippen LogP contribution in [-0.2, 0) is 0 Å². The van der Waals surface area contributed by atoms with E-state index in [0.29, 0.717) is 0 Å². The highest BCUT2D eigenvalue weighted by Crippen LogP contribution is 2.28. The maximum atomic E-state index is 2.31. The molecule has 0 heteroatoms. The fraction of sp³-hybridized carbons (Fsp3) is 0.273. The molecule has 0 spiro atoms. The minimum atomic E-state index is 1.22. The Morgan fingerprint density at radius 3 is 3.18 bits per heavy atom. The van der Waals surface area contributed by atoms with Gasteiger partial charge in [0.05, 0.1) is 0 Å². The van der Waals surface area contributed by atoms with Crippen LogP contribution >= 0.6 is 0 Å². The Kier molecular flexibility index (Phi) is 1.54. The molecule has 2 rings (SSSR count). The molecule has 0 fully saturated rings. The Balaban J connectivity index is 2.43. The number of rotatable bonds is 0. The molecule has 0 aromatic heterocycles. The minimum absolute atomic E-state index is 1.22. The number of fused-ring (bicyclic) bond motifs is 1. The summed E-state index contributed by atoms with van der Waals surface area (Å²) in [5.41, 5.74) is 4.30. The van der Waals surface area contributed by atoms with E-state index in [-0.39, 0.29) is 0 Å². The highest BCUT2D eigenvalue weighted by atomic mass is 14.1. The molecule has 0 aromatic rings. The lowest BCUT2D eigenvalue weighted by molar-refractivity contribution is 1.06. The van der Waals surface area contributed by atoms with E-state index < -0.39 is 0 Å². The molecule has 0 aliphatic heterocycles. The molecule has 0 saturated carbocycles. The molecule has 0 saturated heterocycles. The first kappa shape index (κ1) is 6.66. The summed E-state index contributed by atoms with van der Waals surface area (Å²) in [5.74, 6) is 0. The Morgan fingerprint density at radius 2 is 2.27 bits per heavy atom. The summed E-state index contributed by atoms with van der Waals surface area (Å²) < 4.78 is 0. The molecule has 0 heterocycles. The van der Waals surface area contributed by atoms with Crippen LogP contribution in [0.3, 0.4) is 0 Å². The summed E-state index contributed by atoms with van der Waals surface area (Å²) in [6, 6.07) is 0. The molecule has 0 radical (unpaired) electrons. The highest BCUT2D eigenvalue weighted by molar-refractivity contribution is 5.50. The molecule has 11 heavy (non-hydrogen) atoms. The summed E-state index contributed by atoms with van der Waals surface area (Å²) in [4.78, 5) is 0. The van der Waals surface area contributed by atoms with Crippen LogP contribution in [0.25, 0.3) is 0 Å². The van der Waals surface area contributed by atoms with Crippen LogP contribution in [0.2, 0.25) is 0 Å². The van der Waals surface area contributed by atoms with Gasteiger partial charge in [0.25, 0.3) is 0 Å². The van der Waals surface area contributed by atoms with E-state index in [1.807, 2.05) is 0 Å². The second kappa shape index (κ2) is 2.54. The van der Waals surface area contributed by atoms with Crippen LogP contribution in [0.1, 0.15) is 19.8 Å². The van der Waals surface area contributed by atoms with Crippen molar-refractivity contribution in [3.8, 4) is 0 Å². The van der Waals surface area contributed by atoms with Gasteiger partial charge in [0.1, 0.15) is 0 Å². The molecular formula is C11H12. The van der Waals surface area contributed by atoms with Crippen LogP contribution in [0.5, 0.6) is 0 Å². The number of hydrogen-bond donors (Lipinski definition) is 0. The van der Waals surface area contributed by atoms with Gasteiger partial charge >= 0.3 is 0 Å². The second-order valence-corrected chi connectivity index (χ2v) is 3.14. The van der Waals surface area contributed by atoms with Crippen molar-refractivity contribution < 1.29 is 0 Å². The SMILES string of the molecule is CC1=CC=CC2=CCCC2=C1. The van der Waals surface area contributed by atoms with Gasteiger partial charge in [-0.3, -0.25) is 0 Å². The van der Waals surface area contributed by atoms with Gasteiger partial charge in [-0.05, 0) is 30.9 Å². The van der Waals surface area contributed by atoms with E-state index >= 15 is 0 Å². The summed E-state index contributed by atoms with van der Waals surface area (Å²) in [5, 5.41) is 0. The summed E-state index contributed by atoms with van der Waals surface area (Å²) in [6.07, 6.45) is 13.6. The van der Waals surface area contributed by atoms with Crippen molar-refractivity contribution in [1.82, 2.24) is 0 Å². The van der Waals surface area contributed by atoms with Crippen LogP contribution < -0.4 is 0 Å². The summed E-state index contributed by atoms with van der Waals surface area (Å²) >= 11 is 0. The predicted molar refractivity (Wildman–Crippen MR) is 48.3 cm³/mol. The third-order valence-electron chi connectivity index (χ3n) is 2.19. The zero-order chi connectivity index (χ0) is 7.68. The third-order valence-corrected chi connectivity index (χ3v) is 2.19. The molecule has 0 bridgehead atoms. The van der Waals surface area contributed by atoms with Gasteiger partial charge in [0.2, 0.25) is 0 Å². The van der Waals surface area contributed by atoms with Crippen LogP contribution in [0, 0.1) is 0 Å². The van der Waals surface area contributed by atoms with Gasteiger partial charge in [-0.15, -0.1) is 0 Å². The normalized spacial score (nSPS) is 21.7. The van der Waals surface area contributed by atoms with E-state index in [2.05, 4.69) is 37.3 Å². The van der Waals surface area contributed by atoms with Gasteiger partial charge in [-0.1, -0.05) is 36.0 Å². The minimum Gasteiger partial charge on any atom is -0.0767 e. The number of hydrogen-bond acceptors (Lipinski definition) is 0. The van der Waals surface area contributed by atoms with Crippen molar-refractivity contribution in [3.63, 3.8) is 0 Å². The lowest BCUT2D eigenvalue weighted by Crippen LogP contribution is -1.77.